The summed E-state index contributed by atoms with van der Waals surface area (Å²) in [7, 11) is -3.49. The van der Waals surface area contributed by atoms with Gasteiger partial charge in [-0.3, -0.25) is 9.80 Å². The standard InChI is InChI=1S/C24H35N3O3S/c1-2-14-26(22-11-8-15-25(19-22)18-21-9-4-3-5-10-21)20-23-12-13-24(30-23)31(28,29)27-16-6-7-17-27/h3-5,9-10,12-13,22H,2,6-8,11,14-20H2,1H3. The molecule has 2 fully saturated rings. The van der Waals surface area contributed by atoms with Crippen LogP contribution in [0.25, 0.3) is 0 Å². The van der Waals surface area contributed by atoms with Gasteiger partial charge in [-0.05, 0) is 62.9 Å². The predicted molar refractivity (Wildman–Crippen MR) is 122 cm³/mol. The number of hydrogen-bond donors (Lipinski definition) is 0. The van der Waals surface area contributed by atoms with Gasteiger partial charge in [-0.1, -0.05) is 37.3 Å². The molecular weight excluding hydrogens is 410 g/mol. The van der Waals surface area contributed by atoms with E-state index in [1.807, 2.05) is 6.07 Å². The van der Waals surface area contributed by atoms with Crippen LogP contribution in [0.1, 0.15) is 50.4 Å². The predicted octanol–water partition coefficient (Wildman–Crippen LogP) is 3.94. The van der Waals surface area contributed by atoms with Crippen molar-refractivity contribution in [3.8, 4) is 0 Å². The van der Waals surface area contributed by atoms with Crippen LogP contribution in [0.5, 0.6) is 0 Å². The summed E-state index contributed by atoms with van der Waals surface area (Å²) in [4.78, 5) is 5.01. The molecule has 1 aromatic carbocycles. The molecule has 0 radical (unpaired) electrons. The highest BCUT2D eigenvalue weighted by atomic mass is 32.2. The molecule has 4 rings (SSSR count). The number of piperidine rings is 1. The molecule has 1 atom stereocenters. The van der Waals surface area contributed by atoms with E-state index in [1.54, 1.807) is 10.4 Å². The Morgan fingerprint density at radius 1 is 1.03 bits per heavy atom. The highest BCUT2D eigenvalue weighted by Crippen LogP contribution is 2.25. The summed E-state index contributed by atoms with van der Waals surface area (Å²) in [5, 5.41) is 0.0928. The average Bonchev–Trinajstić information content (AvgIpc) is 3.48. The molecule has 0 aliphatic carbocycles. The second-order valence-corrected chi connectivity index (χ2v) is 10.7. The normalized spacial score (nSPS) is 21.2. The zero-order valence-corrected chi connectivity index (χ0v) is 19.4. The number of likely N-dealkylation sites (tertiary alicyclic amines) is 1. The molecule has 0 bridgehead atoms. The first-order chi connectivity index (χ1) is 15.1. The quantitative estimate of drug-likeness (QED) is 0.585. The van der Waals surface area contributed by atoms with Crippen LogP contribution in [0.2, 0.25) is 0 Å². The van der Waals surface area contributed by atoms with Crippen molar-refractivity contribution in [3.63, 3.8) is 0 Å². The van der Waals surface area contributed by atoms with E-state index >= 15 is 0 Å². The van der Waals surface area contributed by atoms with Gasteiger partial charge in [-0.15, -0.1) is 0 Å². The van der Waals surface area contributed by atoms with Crippen LogP contribution in [0.3, 0.4) is 0 Å². The van der Waals surface area contributed by atoms with Crippen molar-refractivity contribution in [2.75, 3.05) is 32.7 Å². The second-order valence-electron chi connectivity index (χ2n) is 8.82. The minimum absolute atomic E-state index is 0.0928. The zero-order valence-electron chi connectivity index (χ0n) is 18.6. The minimum Gasteiger partial charge on any atom is -0.447 e. The molecule has 0 amide bonds. The SMILES string of the molecule is CCCN(Cc1ccc(S(=O)(=O)N2CCCC2)o1)C1CCCN(Cc2ccccc2)C1. The fourth-order valence-corrected chi connectivity index (χ4v) is 6.28. The lowest BCUT2D eigenvalue weighted by Gasteiger charge is -2.39. The largest absolute Gasteiger partial charge is 0.447 e. The highest BCUT2D eigenvalue weighted by molar-refractivity contribution is 7.89. The second kappa shape index (κ2) is 10.3. The van der Waals surface area contributed by atoms with Crippen LogP contribution in [0.15, 0.2) is 52.0 Å². The highest BCUT2D eigenvalue weighted by Gasteiger charge is 2.31. The number of hydrogen-bond acceptors (Lipinski definition) is 5. The van der Waals surface area contributed by atoms with Crippen molar-refractivity contribution in [1.82, 2.24) is 14.1 Å². The summed E-state index contributed by atoms with van der Waals surface area (Å²) in [5.74, 6) is 0.742. The number of benzene rings is 1. The third kappa shape index (κ3) is 5.58. The number of rotatable bonds is 9. The smallest absolute Gasteiger partial charge is 0.276 e. The molecule has 2 aliphatic rings. The van der Waals surface area contributed by atoms with Crippen molar-refractivity contribution in [1.29, 1.82) is 0 Å². The fraction of sp³-hybridized carbons (Fsp3) is 0.583. The topological polar surface area (TPSA) is 57.0 Å². The summed E-state index contributed by atoms with van der Waals surface area (Å²) in [5.41, 5.74) is 1.35. The van der Waals surface area contributed by atoms with Gasteiger partial charge in [-0.25, -0.2) is 8.42 Å². The van der Waals surface area contributed by atoms with E-state index in [-0.39, 0.29) is 5.09 Å². The summed E-state index contributed by atoms with van der Waals surface area (Å²) >= 11 is 0. The maximum absolute atomic E-state index is 12.8. The van der Waals surface area contributed by atoms with Crippen molar-refractivity contribution in [2.45, 2.75) is 63.3 Å². The van der Waals surface area contributed by atoms with Crippen molar-refractivity contribution >= 4 is 10.0 Å². The van der Waals surface area contributed by atoms with E-state index in [4.69, 9.17) is 4.42 Å². The number of nitrogens with zero attached hydrogens (tertiary/aromatic N) is 3. The van der Waals surface area contributed by atoms with Gasteiger partial charge in [0.1, 0.15) is 5.76 Å². The first kappa shape index (κ1) is 22.5. The first-order valence-electron chi connectivity index (χ1n) is 11.7. The van der Waals surface area contributed by atoms with E-state index in [2.05, 4.69) is 47.1 Å². The van der Waals surface area contributed by atoms with Crippen molar-refractivity contribution in [2.24, 2.45) is 0 Å². The summed E-state index contributed by atoms with van der Waals surface area (Å²) < 4.78 is 33.0. The Balaban J connectivity index is 1.41. The van der Waals surface area contributed by atoms with Gasteiger partial charge in [0.15, 0.2) is 0 Å². The van der Waals surface area contributed by atoms with Gasteiger partial charge in [0.25, 0.3) is 10.0 Å². The monoisotopic (exact) mass is 445 g/mol. The molecule has 31 heavy (non-hydrogen) atoms. The third-order valence-electron chi connectivity index (χ3n) is 6.41. The molecule has 3 heterocycles. The van der Waals surface area contributed by atoms with E-state index < -0.39 is 10.0 Å². The summed E-state index contributed by atoms with van der Waals surface area (Å²) in [6.07, 6.45) is 5.28. The van der Waals surface area contributed by atoms with E-state index in [9.17, 15) is 8.42 Å². The van der Waals surface area contributed by atoms with Gasteiger partial charge in [-0.2, -0.15) is 4.31 Å². The lowest BCUT2D eigenvalue weighted by Crippen LogP contribution is -2.47. The third-order valence-corrected chi connectivity index (χ3v) is 8.18. The zero-order chi connectivity index (χ0) is 21.7. The molecule has 6 nitrogen and oxygen atoms in total. The molecule has 1 aromatic heterocycles. The van der Waals surface area contributed by atoms with Crippen LogP contribution in [0.4, 0.5) is 0 Å². The van der Waals surface area contributed by atoms with E-state index in [0.29, 0.717) is 25.7 Å². The lowest BCUT2D eigenvalue weighted by molar-refractivity contribution is 0.0816. The fourth-order valence-electron chi connectivity index (χ4n) is 4.83. The van der Waals surface area contributed by atoms with Crippen LogP contribution in [-0.2, 0) is 23.1 Å². The van der Waals surface area contributed by atoms with Crippen LogP contribution < -0.4 is 0 Å². The molecule has 0 N–H and O–H groups in total. The molecular formula is C24H35N3O3S. The van der Waals surface area contributed by atoms with Crippen LogP contribution in [-0.4, -0.2) is 61.3 Å². The molecule has 0 saturated carbocycles. The number of sulfonamides is 1. The molecule has 2 aromatic rings. The molecule has 2 aliphatic heterocycles. The Morgan fingerprint density at radius 3 is 2.55 bits per heavy atom. The van der Waals surface area contributed by atoms with Crippen molar-refractivity contribution < 1.29 is 12.8 Å². The van der Waals surface area contributed by atoms with Crippen LogP contribution >= 0.6 is 0 Å². The Morgan fingerprint density at radius 2 is 1.81 bits per heavy atom. The van der Waals surface area contributed by atoms with E-state index in [1.165, 1.54) is 18.4 Å². The molecule has 1 unspecified atom stereocenters. The Kier molecular flexibility index (Phi) is 7.48. The lowest BCUT2D eigenvalue weighted by atomic mass is 10.0. The average molecular weight is 446 g/mol. The molecule has 0 spiro atoms. The Labute approximate surface area is 186 Å². The maximum Gasteiger partial charge on any atom is 0.276 e. The maximum atomic E-state index is 12.8. The molecule has 170 valence electrons. The van der Waals surface area contributed by atoms with Gasteiger partial charge in [0.05, 0.1) is 6.54 Å². The van der Waals surface area contributed by atoms with Gasteiger partial charge in [0, 0.05) is 32.2 Å². The Bertz CT molecular complexity index is 923. The molecule has 2 saturated heterocycles. The summed E-state index contributed by atoms with van der Waals surface area (Å²) in [6, 6.07) is 14.6. The van der Waals surface area contributed by atoms with Crippen LogP contribution in [0, 0.1) is 0 Å². The number of furan rings is 1. The van der Waals surface area contributed by atoms with Crippen molar-refractivity contribution in [3.05, 3.63) is 53.8 Å². The summed E-state index contributed by atoms with van der Waals surface area (Å²) in [6.45, 7) is 8.18. The van der Waals surface area contributed by atoms with Gasteiger partial charge >= 0.3 is 0 Å². The van der Waals surface area contributed by atoms with E-state index in [0.717, 1.165) is 51.2 Å². The molecule has 7 heteroatoms. The minimum atomic E-state index is -3.49. The Hall–Kier alpha value is -1.67. The van der Waals surface area contributed by atoms with Gasteiger partial charge < -0.3 is 4.42 Å². The first-order valence-corrected chi connectivity index (χ1v) is 13.1. The van der Waals surface area contributed by atoms with Gasteiger partial charge in [0.2, 0.25) is 5.09 Å².